The fraction of sp³-hybridized carbons (Fsp3) is 0.429. The van der Waals surface area contributed by atoms with E-state index in [-0.39, 0.29) is 0 Å². The van der Waals surface area contributed by atoms with E-state index in [1.807, 2.05) is 24.3 Å². The smallest absolute Gasteiger partial charge is 0.318 e. The summed E-state index contributed by atoms with van der Waals surface area (Å²) in [5.74, 6) is 1.40. The van der Waals surface area contributed by atoms with Crippen LogP contribution in [0.5, 0.6) is 5.75 Å². The molecule has 0 aliphatic carbocycles. The van der Waals surface area contributed by atoms with Gasteiger partial charge in [-0.25, -0.2) is 0 Å². The monoisotopic (exact) mass is 274 g/mol. The summed E-state index contributed by atoms with van der Waals surface area (Å²) in [6.07, 6.45) is 2.99. The van der Waals surface area contributed by atoms with Crippen molar-refractivity contribution < 1.29 is 9.15 Å². The van der Waals surface area contributed by atoms with Crippen LogP contribution in [0.3, 0.4) is 0 Å². The minimum Gasteiger partial charge on any atom is -0.493 e. The molecular weight excluding hydrogens is 256 g/mol. The minimum absolute atomic E-state index is 0.506. The number of aromatic nitrogens is 2. The molecule has 0 bridgehead atoms. The van der Waals surface area contributed by atoms with Crippen molar-refractivity contribution in [2.75, 3.05) is 30.3 Å². The van der Waals surface area contributed by atoms with Gasteiger partial charge in [-0.2, -0.15) is 0 Å². The molecular formula is C14H18N4O2. The van der Waals surface area contributed by atoms with Crippen LogP contribution in [0.1, 0.15) is 18.7 Å². The predicted octanol–water partition coefficient (Wildman–Crippen LogP) is 1.87. The van der Waals surface area contributed by atoms with E-state index in [4.69, 9.17) is 14.9 Å². The molecule has 1 fully saturated rings. The lowest BCUT2D eigenvalue weighted by Crippen LogP contribution is -2.17. The average Bonchev–Trinajstić information content (AvgIpc) is 3.11. The lowest BCUT2D eigenvalue weighted by Gasteiger charge is -2.09. The number of anilines is 2. The van der Waals surface area contributed by atoms with Gasteiger partial charge >= 0.3 is 6.01 Å². The van der Waals surface area contributed by atoms with Gasteiger partial charge in [0.1, 0.15) is 5.75 Å². The quantitative estimate of drug-likeness (QED) is 0.839. The Morgan fingerprint density at radius 2 is 1.90 bits per heavy atom. The number of ether oxygens (including phenoxy) is 1. The van der Waals surface area contributed by atoms with E-state index in [2.05, 4.69) is 15.1 Å². The van der Waals surface area contributed by atoms with E-state index in [0.29, 0.717) is 24.9 Å². The van der Waals surface area contributed by atoms with Crippen molar-refractivity contribution in [1.29, 1.82) is 0 Å². The molecule has 2 N–H and O–H groups in total. The van der Waals surface area contributed by atoms with E-state index in [9.17, 15) is 0 Å². The molecule has 1 aromatic carbocycles. The molecule has 0 saturated carbocycles. The van der Waals surface area contributed by atoms with Crippen molar-refractivity contribution in [3.8, 4) is 5.75 Å². The maximum absolute atomic E-state index is 5.63. The zero-order valence-electron chi connectivity index (χ0n) is 11.3. The van der Waals surface area contributed by atoms with Crippen LogP contribution in [-0.4, -0.2) is 29.9 Å². The number of hydrogen-bond donors (Lipinski definition) is 1. The molecule has 1 aromatic heterocycles. The Balaban J connectivity index is 1.49. The van der Waals surface area contributed by atoms with Gasteiger partial charge in [0.2, 0.25) is 5.89 Å². The summed E-state index contributed by atoms with van der Waals surface area (Å²) >= 11 is 0. The number of benzene rings is 1. The molecule has 1 aliphatic rings. The molecule has 106 valence electrons. The molecule has 0 amide bonds. The molecule has 6 heteroatoms. The van der Waals surface area contributed by atoms with Crippen molar-refractivity contribution in [1.82, 2.24) is 10.2 Å². The second-order valence-corrected chi connectivity index (χ2v) is 4.84. The van der Waals surface area contributed by atoms with Crippen molar-refractivity contribution >= 4 is 11.7 Å². The van der Waals surface area contributed by atoms with E-state index in [1.165, 1.54) is 12.8 Å². The largest absolute Gasteiger partial charge is 0.493 e. The molecule has 0 spiro atoms. The van der Waals surface area contributed by atoms with Crippen LogP contribution in [0.2, 0.25) is 0 Å². The van der Waals surface area contributed by atoms with Gasteiger partial charge < -0.3 is 19.8 Å². The maximum Gasteiger partial charge on any atom is 0.318 e. The lowest BCUT2D eigenvalue weighted by atomic mass is 10.3. The summed E-state index contributed by atoms with van der Waals surface area (Å²) in [4.78, 5) is 2.12. The van der Waals surface area contributed by atoms with Crippen LogP contribution in [0.15, 0.2) is 28.7 Å². The number of rotatable bonds is 5. The van der Waals surface area contributed by atoms with Crippen molar-refractivity contribution in [2.45, 2.75) is 19.3 Å². The average molecular weight is 274 g/mol. The van der Waals surface area contributed by atoms with Gasteiger partial charge in [0.05, 0.1) is 13.0 Å². The van der Waals surface area contributed by atoms with Crippen LogP contribution >= 0.6 is 0 Å². The minimum atomic E-state index is 0.506. The first kappa shape index (κ1) is 12.8. The van der Waals surface area contributed by atoms with E-state index >= 15 is 0 Å². The normalized spacial score (nSPS) is 14.7. The summed E-state index contributed by atoms with van der Waals surface area (Å²) < 4.78 is 11.2. The molecule has 0 atom stereocenters. The molecule has 20 heavy (non-hydrogen) atoms. The van der Waals surface area contributed by atoms with Gasteiger partial charge in [0, 0.05) is 18.8 Å². The molecule has 6 nitrogen and oxygen atoms in total. The Morgan fingerprint density at radius 1 is 1.15 bits per heavy atom. The Bertz CT molecular complexity index is 547. The van der Waals surface area contributed by atoms with Crippen LogP contribution in [0.4, 0.5) is 11.7 Å². The Labute approximate surface area is 117 Å². The van der Waals surface area contributed by atoms with E-state index in [0.717, 1.165) is 24.5 Å². The van der Waals surface area contributed by atoms with Crippen LogP contribution in [-0.2, 0) is 6.42 Å². The van der Waals surface area contributed by atoms with Gasteiger partial charge in [-0.05, 0) is 37.1 Å². The van der Waals surface area contributed by atoms with Gasteiger partial charge in [-0.3, -0.25) is 0 Å². The van der Waals surface area contributed by atoms with Crippen LogP contribution < -0.4 is 15.4 Å². The SMILES string of the molecule is Nc1ccc(OCCc2nnc(N3CCCC3)o2)cc1. The highest BCUT2D eigenvalue weighted by Gasteiger charge is 2.18. The molecule has 1 aliphatic heterocycles. The summed E-state index contributed by atoms with van der Waals surface area (Å²) in [6.45, 7) is 2.51. The Morgan fingerprint density at radius 3 is 2.65 bits per heavy atom. The molecule has 3 rings (SSSR count). The van der Waals surface area contributed by atoms with Crippen molar-refractivity contribution in [3.05, 3.63) is 30.2 Å². The third kappa shape index (κ3) is 3.01. The van der Waals surface area contributed by atoms with Crippen molar-refractivity contribution in [3.63, 3.8) is 0 Å². The topological polar surface area (TPSA) is 77.4 Å². The van der Waals surface area contributed by atoms with Crippen molar-refractivity contribution in [2.24, 2.45) is 0 Å². The van der Waals surface area contributed by atoms with Crippen LogP contribution in [0, 0.1) is 0 Å². The first-order valence-electron chi connectivity index (χ1n) is 6.87. The molecule has 0 radical (unpaired) electrons. The fourth-order valence-electron chi connectivity index (χ4n) is 2.20. The van der Waals surface area contributed by atoms with Crippen LogP contribution in [0.25, 0.3) is 0 Å². The standard InChI is InChI=1S/C14H18N4O2/c15-11-3-5-12(6-4-11)19-10-7-13-16-17-14(20-13)18-8-1-2-9-18/h3-6H,1-2,7-10,15H2. The van der Waals surface area contributed by atoms with E-state index < -0.39 is 0 Å². The first-order chi connectivity index (χ1) is 9.81. The highest BCUT2D eigenvalue weighted by Crippen LogP contribution is 2.18. The number of nitrogen functional groups attached to an aromatic ring is 1. The van der Waals surface area contributed by atoms with Gasteiger partial charge in [0.15, 0.2) is 0 Å². The number of nitrogens with two attached hydrogens (primary N) is 1. The highest BCUT2D eigenvalue weighted by molar-refractivity contribution is 5.41. The van der Waals surface area contributed by atoms with Gasteiger partial charge in [-0.15, -0.1) is 5.10 Å². The van der Waals surface area contributed by atoms with E-state index in [1.54, 1.807) is 0 Å². The molecule has 0 unspecified atom stereocenters. The highest BCUT2D eigenvalue weighted by atomic mass is 16.5. The second kappa shape index (κ2) is 5.81. The fourth-order valence-corrected chi connectivity index (χ4v) is 2.20. The second-order valence-electron chi connectivity index (χ2n) is 4.84. The summed E-state index contributed by atoms with van der Waals surface area (Å²) in [5, 5.41) is 8.12. The molecule has 2 aromatic rings. The summed E-state index contributed by atoms with van der Waals surface area (Å²) in [7, 11) is 0. The predicted molar refractivity (Wildman–Crippen MR) is 75.8 cm³/mol. The molecule has 1 saturated heterocycles. The third-order valence-electron chi connectivity index (χ3n) is 3.30. The Kier molecular flexibility index (Phi) is 3.71. The zero-order valence-corrected chi connectivity index (χ0v) is 11.3. The maximum atomic E-state index is 5.63. The lowest BCUT2D eigenvalue weighted by molar-refractivity contribution is 0.306. The summed E-state index contributed by atoms with van der Waals surface area (Å²) in [6, 6.07) is 7.95. The van der Waals surface area contributed by atoms with Gasteiger partial charge in [0.25, 0.3) is 0 Å². The zero-order chi connectivity index (χ0) is 13.8. The Hall–Kier alpha value is -2.24. The third-order valence-corrected chi connectivity index (χ3v) is 3.30. The first-order valence-corrected chi connectivity index (χ1v) is 6.87. The molecule has 2 heterocycles. The number of nitrogens with zero attached hydrogens (tertiary/aromatic N) is 3. The van der Waals surface area contributed by atoms with Gasteiger partial charge in [-0.1, -0.05) is 5.10 Å². The number of hydrogen-bond acceptors (Lipinski definition) is 6. The summed E-state index contributed by atoms with van der Waals surface area (Å²) in [5.41, 5.74) is 6.34.